The molecule has 4 N–H and O–H groups in total. The Morgan fingerprint density at radius 3 is 2.20 bits per heavy atom. The number of carbonyl (C=O) groups excluding carboxylic acids is 2. The first-order chi connectivity index (χ1) is 25.8. The molecule has 0 aromatic carbocycles. The lowest BCUT2D eigenvalue weighted by atomic mass is 9.77. The summed E-state index contributed by atoms with van der Waals surface area (Å²) in [5.41, 5.74) is -4.50. The zero-order chi connectivity index (χ0) is 42.7. The lowest BCUT2D eigenvalue weighted by Crippen LogP contribution is -2.60. The third kappa shape index (κ3) is 11.1. The van der Waals surface area contributed by atoms with E-state index in [1.165, 1.54) is 14.0 Å². The minimum Gasteiger partial charge on any atom is -0.459 e. The van der Waals surface area contributed by atoms with Crippen LogP contribution in [0.3, 0.4) is 0 Å². The summed E-state index contributed by atoms with van der Waals surface area (Å²) in [6.45, 7) is 21.4. The Morgan fingerprint density at radius 1 is 1.02 bits per heavy atom. The summed E-state index contributed by atoms with van der Waals surface area (Å²) in [5.74, 6) is -3.50. The lowest BCUT2D eigenvalue weighted by Gasteiger charge is -2.48. The van der Waals surface area contributed by atoms with Crippen molar-refractivity contribution in [3.05, 3.63) is 12.7 Å². The van der Waals surface area contributed by atoms with Crippen LogP contribution in [0.25, 0.3) is 0 Å². The Kier molecular flexibility index (Phi) is 17.0. The predicted molar refractivity (Wildman–Crippen MR) is 208 cm³/mol. The third-order valence-electron chi connectivity index (χ3n) is 12.6. The van der Waals surface area contributed by atoms with Crippen molar-refractivity contribution >= 4 is 11.9 Å². The predicted octanol–water partition coefficient (Wildman–Crippen LogP) is 2.64. The quantitative estimate of drug-likeness (QED) is 0.197. The molecule has 15 nitrogen and oxygen atoms in total. The fourth-order valence-corrected chi connectivity index (χ4v) is 9.11. The van der Waals surface area contributed by atoms with Crippen LogP contribution in [0.2, 0.25) is 0 Å². The van der Waals surface area contributed by atoms with E-state index in [9.17, 15) is 30.0 Å². The van der Waals surface area contributed by atoms with Crippen molar-refractivity contribution in [1.29, 1.82) is 0 Å². The molecule has 3 heterocycles. The van der Waals surface area contributed by atoms with Crippen LogP contribution < -0.4 is 0 Å². The van der Waals surface area contributed by atoms with Gasteiger partial charge in [-0.2, -0.15) is 0 Å². The summed E-state index contributed by atoms with van der Waals surface area (Å²) in [6, 6.07) is -0.872. The first kappa shape index (κ1) is 48.6. The van der Waals surface area contributed by atoms with Gasteiger partial charge in [-0.25, -0.2) is 4.79 Å². The third-order valence-corrected chi connectivity index (χ3v) is 12.6. The minimum absolute atomic E-state index is 0.109. The molecule has 0 spiro atoms. The Labute approximate surface area is 334 Å². The molecule has 326 valence electrons. The highest BCUT2D eigenvalue weighted by molar-refractivity contribution is 5.81. The average molecular weight is 803 g/mol. The minimum atomic E-state index is -1.86. The number of aliphatic hydroxyl groups is 4. The van der Waals surface area contributed by atoms with Gasteiger partial charge in [0.15, 0.2) is 12.6 Å². The van der Waals surface area contributed by atoms with E-state index < -0.39 is 102 Å². The standard InChI is InChI=1S/C41H74N2O13/c1-16-29-41(11,49)36(54-30(44)17-2)26(7)43(14)21-22(3)19-39(9,48)35(56-38-32(45)28(42(12)13)18-23(4)51-38)24(5)33(25(6)37(47)53-29)55-31-20-40(10,50-15)34(46)27(8)52-31/h17,22-29,31-36,38,45-46,48-49H,2,16,18-21H2,1,3-15H3/t22-,23-,24+,25-,26-,27+,28+,29-,31+,32-,33+,34+,35-,36-,38+,39+,40-,41-/m1/s1. The van der Waals surface area contributed by atoms with E-state index in [4.69, 9.17) is 33.2 Å². The van der Waals surface area contributed by atoms with Gasteiger partial charge in [0.2, 0.25) is 0 Å². The number of aliphatic hydroxyl groups excluding tert-OH is 2. The molecule has 3 aliphatic heterocycles. The second kappa shape index (κ2) is 19.5. The molecule has 0 aliphatic carbocycles. The molecule has 3 rings (SSSR count). The average Bonchev–Trinajstić information content (AvgIpc) is 3.11. The van der Waals surface area contributed by atoms with Crippen LogP contribution in [0.4, 0.5) is 0 Å². The number of methoxy groups -OCH3 is 1. The largest absolute Gasteiger partial charge is 0.459 e. The summed E-state index contributed by atoms with van der Waals surface area (Å²) in [5, 5.41) is 47.4. The van der Waals surface area contributed by atoms with Gasteiger partial charge in [-0.1, -0.05) is 27.4 Å². The second-order valence-electron chi connectivity index (χ2n) is 17.8. The van der Waals surface area contributed by atoms with Gasteiger partial charge in [0, 0.05) is 44.2 Å². The summed E-state index contributed by atoms with van der Waals surface area (Å²) in [6.07, 6.45) is -7.47. The summed E-state index contributed by atoms with van der Waals surface area (Å²) < 4.78 is 43.6. The van der Waals surface area contributed by atoms with Gasteiger partial charge in [-0.05, 0) is 94.8 Å². The van der Waals surface area contributed by atoms with Gasteiger partial charge in [-0.3, -0.25) is 9.69 Å². The van der Waals surface area contributed by atoms with Gasteiger partial charge in [0.25, 0.3) is 0 Å². The van der Waals surface area contributed by atoms with Gasteiger partial charge in [-0.15, -0.1) is 0 Å². The summed E-state index contributed by atoms with van der Waals surface area (Å²) in [7, 11) is 7.09. The van der Waals surface area contributed by atoms with E-state index in [1.807, 2.05) is 51.7 Å². The number of hydrogen-bond acceptors (Lipinski definition) is 15. The molecule has 15 heteroatoms. The highest BCUT2D eigenvalue weighted by atomic mass is 16.7. The topological polar surface area (TPSA) is 186 Å². The van der Waals surface area contributed by atoms with Crippen molar-refractivity contribution in [3.8, 4) is 0 Å². The summed E-state index contributed by atoms with van der Waals surface area (Å²) in [4.78, 5) is 31.0. The van der Waals surface area contributed by atoms with Crippen molar-refractivity contribution in [1.82, 2.24) is 9.80 Å². The smallest absolute Gasteiger partial charge is 0.330 e. The zero-order valence-electron chi connectivity index (χ0n) is 36.3. The monoisotopic (exact) mass is 803 g/mol. The summed E-state index contributed by atoms with van der Waals surface area (Å²) >= 11 is 0. The van der Waals surface area contributed by atoms with Crippen LogP contribution in [0.1, 0.15) is 94.9 Å². The molecule has 3 fully saturated rings. The Bertz CT molecular complexity index is 1300. The number of cyclic esters (lactones) is 1. The molecular formula is C41H74N2O13. The molecule has 0 amide bonds. The zero-order valence-corrected chi connectivity index (χ0v) is 36.3. The van der Waals surface area contributed by atoms with Gasteiger partial charge >= 0.3 is 11.9 Å². The first-order valence-electron chi connectivity index (χ1n) is 20.2. The molecule has 0 bridgehead atoms. The Balaban J connectivity index is 2.22. The fraction of sp³-hybridized carbons (Fsp3) is 0.902. The van der Waals surface area contributed by atoms with Crippen molar-refractivity contribution < 1.29 is 63.2 Å². The van der Waals surface area contributed by atoms with Gasteiger partial charge in [0.1, 0.15) is 30.0 Å². The van der Waals surface area contributed by atoms with E-state index in [-0.39, 0.29) is 37.3 Å². The van der Waals surface area contributed by atoms with E-state index in [2.05, 4.69) is 6.58 Å². The molecule has 3 saturated heterocycles. The van der Waals surface area contributed by atoms with E-state index in [1.54, 1.807) is 41.5 Å². The van der Waals surface area contributed by atoms with Gasteiger partial charge in [0.05, 0.1) is 41.5 Å². The SMILES string of the molecule is C=CC(=O)O[C@@H]1[C@@H](C)N(C)C[C@H](C)C[C@](C)(O)[C@H](O[C@@H]2O[C@H](C)C[C@H](N(C)C)[C@H]2O)[C@@H](C)[C@H](O[C@H]2C[C@@](C)(OC)[C@@H](O)[C@H](C)O2)[C@@H](C)C(=O)O[C@H](CC)[C@@]1(C)O. The van der Waals surface area contributed by atoms with Crippen LogP contribution in [-0.2, 0) is 42.7 Å². The van der Waals surface area contributed by atoms with Crippen LogP contribution in [0, 0.1) is 17.8 Å². The van der Waals surface area contributed by atoms with E-state index >= 15 is 0 Å². The first-order valence-corrected chi connectivity index (χ1v) is 20.2. The van der Waals surface area contributed by atoms with E-state index in [0.717, 1.165) is 6.08 Å². The number of hydrogen-bond donors (Lipinski definition) is 4. The number of rotatable bonds is 9. The number of likely N-dealkylation sites (N-methyl/N-ethyl adjacent to an activating group) is 2. The normalized spacial score (nSPS) is 46.7. The number of nitrogens with zero attached hydrogens (tertiary/aromatic N) is 2. The molecule has 56 heavy (non-hydrogen) atoms. The maximum atomic E-state index is 14.4. The lowest BCUT2D eigenvalue weighted by molar-refractivity contribution is -0.318. The molecular weight excluding hydrogens is 728 g/mol. The molecule has 3 aliphatic rings. The number of ether oxygens (including phenoxy) is 7. The number of esters is 2. The van der Waals surface area contributed by atoms with Crippen molar-refractivity contribution in [2.75, 3.05) is 34.8 Å². The second-order valence-corrected chi connectivity index (χ2v) is 17.8. The molecule has 0 aromatic rings. The highest BCUT2D eigenvalue weighted by Gasteiger charge is 2.53. The molecule has 0 radical (unpaired) electrons. The van der Waals surface area contributed by atoms with Crippen molar-refractivity contribution in [3.63, 3.8) is 0 Å². The van der Waals surface area contributed by atoms with Crippen molar-refractivity contribution in [2.24, 2.45) is 17.8 Å². The maximum Gasteiger partial charge on any atom is 0.330 e. The molecule has 0 unspecified atom stereocenters. The van der Waals surface area contributed by atoms with Crippen LogP contribution in [-0.4, -0.2) is 167 Å². The number of carbonyl (C=O) groups is 2. The highest BCUT2D eigenvalue weighted by Crippen LogP contribution is 2.40. The Morgan fingerprint density at radius 2 is 1.64 bits per heavy atom. The Hall–Kier alpha value is -1.76. The van der Waals surface area contributed by atoms with E-state index in [0.29, 0.717) is 13.0 Å². The maximum absolute atomic E-state index is 14.4. The van der Waals surface area contributed by atoms with Crippen LogP contribution >= 0.6 is 0 Å². The van der Waals surface area contributed by atoms with Crippen LogP contribution in [0.5, 0.6) is 0 Å². The fourth-order valence-electron chi connectivity index (χ4n) is 9.11. The molecule has 0 saturated carbocycles. The van der Waals surface area contributed by atoms with Crippen molar-refractivity contribution in [2.45, 2.75) is 185 Å². The van der Waals surface area contributed by atoms with Crippen LogP contribution in [0.15, 0.2) is 12.7 Å². The van der Waals surface area contributed by atoms with Gasteiger partial charge < -0.3 is 58.5 Å². The molecule has 0 aromatic heterocycles. The molecule has 18 atom stereocenters.